The molecule has 102 valence electrons. The number of nitrogens with two attached hydrogens (primary N) is 1. The highest BCUT2D eigenvalue weighted by atomic mass is 32.2. The average molecular weight is 290 g/mol. The molecule has 1 aliphatic rings. The molecule has 0 amide bonds. The summed E-state index contributed by atoms with van der Waals surface area (Å²) in [7, 11) is -3.07. The highest BCUT2D eigenvalue weighted by molar-refractivity contribution is 7.88. The maximum atomic E-state index is 11.4. The monoisotopic (exact) mass is 290 g/mol. The zero-order chi connectivity index (χ0) is 13.3. The van der Waals surface area contributed by atoms with Crippen molar-refractivity contribution < 1.29 is 8.42 Å². The van der Waals surface area contributed by atoms with Crippen LogP contribution in [0.4, 0.5) is 5.13 Å². The summed E-state index contributed by atoms with van der Waals surface area (Å²) in [5.74, 6) is 0. The van der Waals surface area contributed by atoms with Crippen molar-refractivity contribution in [2.24, 2.45) is 5.73 Å². The predicted octanol–water partition coefficient (Wildman–Crippen LogP) is -0.00818. The number of hydrogen-bond acceptors (Lipinski definition) is 6. The molecule has 0 atom stereocenters. The van der Waals surface area contributed by atoms with Gasteiger partial charge in [0.05, 0.1) is 11.9 Å². The van der Waals surface area contributed by atoms with E-state index in [-0.39, 0.29) is 0 Å². The molecule has 1 saturated heterocycles. The quantitative estimate of drug-likeness (QED) is 0.847. The number of piperazine rings is 1. The molecule has 18 heavy (non-hydrogen) atoms. The van der Waals surface area contributed by atoms with Crippen molar-refractivity contribution in [1.82, 2.24) is 9.29 Å². The summed E-state index contributed by atoms with van der Waals surface area (Å²) in [6.45, 7) is 4.88. The van der Waals surface area contributed by atoms with Crippen LogP contribution in [0, 0.1) is 6.92 Å². The highest BCUT2D eigenvalue weighted by Crippen LogP contribution is 2.26. The van der Waals surface area contributed by atoms with Crippen molar-refractivity contribution in [3.05, 3.63) is 10.6 Å². The Morgan fingerprint density at radius 2 is 1.94 bits per heavy atom. The lowest BCUT2D eigenvalue weighted by Crippen LogP contribution is -2.48. The number of rotatable bonds is 3. The van der Waals surface area contributed by atoms with Crippen molar-refractivity contribution in [2.75, 3.05) is 37.3 Å². The minimum absolute atomic E-state index is 0.507. The molecular weight excluding hydrogens is 272 g/mol. The van der Waals surface area contributed by atoms with Crippen molar-refractivity contribution in [3.63, 3.8) is 0 Å². The van der Waals surface area contributed by atoms with Gasteiger partial charge < -0.3 is 10.6 Å². The largest absolute Gasteiger partial charge is 0.345 e. The zero-order valence-corrected chi connectivity index (χ0v) is 12.2. The third kappa shape index (κ3) is 2.82. The number of nitrogens with zero attached hydrogens (tertiary/aromatic N) is 3. The average Bonchev–Trinajstić information content (AvgIpc) is 2.69. The van der Waals surface area contributed by atoms with Crippen LogP contribution < -0.4 is 10.6 Å². The van der Waals surface area contributed by atoms with Gasteiger partial charge in [0.2, 0.25) is 10.0 Å². The first-order chi connectivity index (χ1) is 8.41. The molecule has 0 aromatic carbocycles. The van der Waals surface area contributed by atoms with E-state index in [1.807, 2.05) is 6.92 Å². The predicted molar refractivity (Wildman–Crippen MR) is 73.4 cm³/mol. The van der Waals surface area contributed by atoms with Gasteiger partial charge in [-0.15, -0.1) is 11.3 Å². The topological polar surface area (TPSA) is 79.5 Å². The lowest BCUT2D eigenvalue weighted by atomic mass is 10.4. The van der Waals surface area contributed by atoms with E-state index in [1.165, 1.54) is 10.6 Å². The summed E-state index contributed by atoms with van der Waals surface area (Å²) >= 11 is 1.60. The highest BCUT2D eigenvalue weighted by Gasteiger charge is 2.25. The van der Waals surface area contributed by atoms with Gasteiger partial charge in [0, 0.05) is 37.6 Å². The van der Waals surface area contributed by atoms with Crippen LogP contribution in [0.5, 0.6) is 0 Å². The van der Waals surface area contributed by atoms with E-state index in [0.717, 1.165) is 15.7 Å². The van der Waals surface area contributed by atoms with Gasteiger partial charge in [0.15, 0.2) is 5.13 Å². The van der Waals surface area contributed by atoms with Gasteiger partial charge in [-0.2, -0.15) is 4.31 Å². The summed E-state index contributed by atoms with van der Waals surface area (Å²) < 4.78 is 24.3. The molecule has 2 heterocycles. The van der Waals surface area contributed by atoms with Crippen molar-refractivity contribution in [3.8, 4) is 0 Å². The van der Waals surface area contributed by atoms with Gasteiger partial charge in [-0.1, -0.05) is 0 Å². The maximum absolute atomic E-state index is 11.4. The summed E-state index contributed by atoms with van der Waals surface area (Å²) in [6, 6.07) is 0. The first-order valence-corrected chi connectivity index (χ1v) is 8.44. The Hall–Kier alpha value is -0.700. The van der Waals surface area contributed by atoms with Crippen LogP contribution in [0.3, 0.4) is 0 Å². The molecule has 0 radical (unpaired) electrons. The third-order valence-corrected chi connectivity index (χ3v) is 5.59. The Morgan fingerprint density at radius 1 is 1.33 bits per heavy atom. The van der Waals surface area contributed by atoms with Crippen molar-refractivity contribution >= 4 is 26.5 Å². The third-order valence-electron chi connectivity index (χ3n) is 3.04. The van der Waals surface area contributed by atoms with E-state index >= 15 is 0 Å². The number of thiazole rings is 1. The minimum atomic E-state index is -3.07. The number of hydrogen-bond donors (Lipinski definition) is 1. The van der Waals surface area contributed by atoms with E-state index in [0.29, 0.717) is 32.7 Å². The van der Waals surface area contributed by atoms with Gasteiger partial charge in [-0.25, -0.2) is 13.4 Å². The fraction of sp³-hybridized carbons (Fsp3) is 0.700. The van der Waals surface area contributed by atoms with Gasteiger partial charge in [0.25, 0.3) is 0 Å². The van der Waals surface area contributed by atoms with Crippen LogP contribution in [-0.4, -0.2) is 50.1 Å². The number of aryl methyl sites for hydroxylation is 1. The molecular formula is C10H18N4O2S2. The van der Waals surface area contributed by atoms with Crippen LogP contribution in [0.15, 0.2) is 0 Å². The Morgan fingerprint density at radius 3 is 2.39 bits per heavy atom. The van der Waals surface area contributed by atoms with Gasteiger partial charge in [0.1, 0.15) is 0 Å². The second kappa shape index (κ2) is 5.12. The normalized spacial score (nSPS) is 18.3. The molecule has 2 N–H and O–H groups in total. The van der Waals surface area contributed by atoms with E-state index in [1.54, 1.807) is 11.3 Å². The maximum Gasteiger partial charge on any atom is 0.211 e. The Balaban J connectivity index is 2.05. The van der Waals surface area contributed by atoms with E-state index < -0.39 is 10.0 Å². The molecule has 1 fully saturated rings. The van der Waals surface area contributed by atoms with E-state index in [9.17, 15) is 8.42 Å². The SMILES string of the molecule is Cc1nc(N2CCN(S(C)(=O)=O)CC2)sc1CN. The standard InChI is InChI=1S/C10H18N4O2S2/c1-8-9(7-11)17-10(12-8)13-3-5-14(6-4-13)18(2,15)16/h3-7,11H2,1-2H3. The second-order valence-electron chi connectivity index (χ2n) is 4.36. The van der Waals surface area contributed by atoms with Gasteiger partial charge >= 0.3 is 0 Å². The Kier molecular flexibility index (Phi) is 3.90. The summed E-state index contributed by atoms with van der Waals surface area (Å²) in [6.07, 6.45) is 1.25. The Bertz CT molecular complexity index is 518. The van der Waals surface area contributed by atoms with Gasteiger partial charge in [-0.3, -0.25) is 0 Å². The minimum Gasteiger partial charge on any atom is -0.345 e. The number of anilines is 1. The number of aromatic nitrogens is 1. The lowest BCUT2D eigenvalue weighted by molar-refractivity contribution is 0.388. The van der Waals surface area contributed by atoms with Gasteiger partial charge in [-0.05, 0) is 6.92 Å². The molecule has 1 aromatic heterocycles. The fourth-order valence-corrected chi connectivity index (χ4v) is 3.77. The lowest BCUT2D eigenvalue weighted by Gasteiger charge is -2.32. The molecule has 1 aromatic rings. The van der Waals surface area contributed by atoms with Crippen molar-refractivity contribution in [2.45, 2.75) is 13.5 Å². The first kappa shape index (κ1) is 13.7. The van der Waals surface area contributed by atoms with Crippen LogP contribution in [0.1, 0.15) is 10.6 Å². The van der Waals surface area contributed by atoms with Crippen LogP contribution in [0.2, 0.25) is 0 Å². The molecule has 6 nitrogen and oxygen atoms in total. The van der Waals surface area contributed by atoms with Crippen LogP contribution >= 0.6 is 11.3 Å². The fourth-order valence-electron chi connectivity index (χ4n) is 1.95. The molecule has 2 rings (SSSR count). The molecule has 8 heteroatoms. The molecule has 0 unspecified atom stereocenters. The molecule has 0 aliphatic carbocycles. The summed E-state index contributed by atoms with van der Waals surface area (Å²) in [4.78, 5) is 7.71. The molecule has 0 spiro atoms. The van der Waals surface area contributed by atoms with E-state index in [4.69, 9.17) is 5.73 Å². The summed E-state index contributed by atoms with van der Waals surface area (Å²) in [5, 5.41) is 0.945. The Labute approximate surface area is 111 Å². The second-order valence-corrected chi connectivity index (χ2v) is 7.40. The molecule has 1 aliphatic heterocycles. The van der Waals surface area contributed by atoms with Crippen LogP contribution in [0.25, 0.3) is 0 Å². The summed E-state index contributed by atoms with van der Waals surface area (Å²) in [5.41, 5.74) is 6.61. The smallest absolute Gasteiger partial charge is 0.211 e. The first-order valence-electron chi connectivity index (χ1n) is 5.78. The van der Waals surface area contributed by atoms with Crippen molar-refractivity contribution in [1.29, 1.82) is 0 Å². The van der Waals surface area contributed by atoms with Crippen LogP contribution in [-0.2, 0) is 16.6 Å². The molecule has 0 saturated carbocycles. The zero-order valence-electron chi connectivity index (χ0n) is 10.6. The molecule has 0 bridgehead atoms. The number of sulfonamides is 1. The van der Waals surface area contributed by atoms with E-state index in [2.05, 4.69) is 9.88 Å².